The second kappa shape index (κ2) is 7.46. The number of halogens is 3. The van der Waals surface area contributed by atoms with Crippen LogP contribution < -0.4 is 5.32 Å². The summed E-state index contributed by atoms with van der Waals surface area (Å²) < 4.78 is 39.7. The predicted octanol–water partition coefficient (Wildman–Crippen LogP) is 3.31. The lowest BCUT2D eigenvalue weighted by Gasteiger charge is -2.08. The summed E-state index contributed by atoms with van der Waals surface area (Å²) in [5.74, 6) is -0.538. The molecular weight excluding hydrogens is 399 g/mol. The van der Waals surface area contributed by atoms with Gasteiger partial charge >= 0.3 is 6.18 Å². The van der Waals surface area contributed by atoms with Gasteiger partial charge < -0.3 is 5.32 Å². The third kappa shape index (κ3) is 3.91. The van der Waals surface area contributed by atoms with Crippen LogP contribution in [-0.4, -0.2) is 31.7 Å². The lowest BCUT2D eigenvalue weighted by atomic mass is 10.2. The number of carbonyl (C=O) groups excluding carboxylic acids is 1. The SMILES string of the molecule is CSc1ccc(C(=O)NCc2nnc3ccc(C(F)(F)F)cn23)cc1[N+](=O)[O-]. The summed E-state index contributed by atoms with van der Waals surface area (Å²) in [5, 5.41) is 21.1. The largest absolute Gasteiger partial charge is 0.417 e. The van der Waals surface area contributed by atoms with Gasteiger partial charge in [0.15, 0.2) is 11.5 Å². The molecule has 0 aliphatic rings. The van der Waals surface area contributed by atoms with Crippen LogP contribution in [0.15, 0.2) is 41.4 Å². The van der Waals surface area contributed by atoms with Crippen molar-refractivity contribution in [3.05, 3.63) is 63.6 Å². The lowest BCUT2D eigenvalue weighted by molar-refractivity contribution is -0.387. The Morgan fingerprint density at radius 3 is 2.68 bits per heavy atom. The molecule has 8 nitrogen and oxygen atoms in total. The zero-order valence-electron chi connectivity index (χ0n) is 14.2. The number of nitrogens with zero attached hydrogens (tertiary/aromatic N) is 4. The topological polar surface area (TPSA) is 102 Å². The maximum Gasteiger partial charge on any atom is 0.417 e. The second-order valence-electron chi connectivity index (χ2n) is 5.59. The van der Waals surface area contributed by atoms with Gasteiger partial charge in [0.2, 0.25) is 0 Å². The highest BCUT2D eigenvalue weighted by Crippen LogP contribution is 2.29. The van der Waals surface area contributed by atoms with E-state index in [2.05, 4.69) is 15.5 Å². The van der Waals surface area contributed by atoms with Gasteiger partial charge in [-0.25, -0.2) is 0 Å². The molecule has 2 heterocycles. The van der Waals surface area contributed by atoms with Crippen molar-refractivity contribution in [1.82, 2.24) is 19.9 Å². The van der Waals surface area contributed by atoms with Crippen LogP contribution in [0, 0.1) is 10.1 Å². The third-order valence-corrected chi connectivity index (χ3v) is 4.63. The van der Waals surface area contributed by atoms with E-state index in [1.807, 2.05) is 0 Å². The number of amides is 1. The van der Waals surface area contributed by atoms with Crippen molar-refractivity contribution in [3.8, 4) is 0 Å². The number of aromatic nitrogens is 3. The van der Waals surface area contributed by atoms with Crippen molar-refractivity contribution in [2.24, 2.45) is 0 Å². The average molecular weight is 411 g/mol. The summed E-state index contributed by atoms with van der Waals surface area (Å²) in [6.07, 6.45) is -2.01. The number of pyridine rings is 1. The molecule has 3 aromatic rings. The van der Waals surface area contributed by atoms with Crippen LogP contribution >= 0.6 is 11.8 Å². The van der Waals surface area contributed by atoms with E-state index in [1.54, 1.807) is 6.26 Å². The van der Waals surface area contributed by atoms with E-state index in [0.717, 1.165) is 22.7 Å². The molecule has 2 aromatic heterocycles. The molecule has 1 N–H and O–H groups in total. The van der Waals surface area contributed by atoms with Gasteiger partial charge in [-0.05, 0) is 30.5 Å². The standard InChI is InChI=1S/C16H12F3N5O3S/c1-28-12-4-2-9(6-11(12)24(26)27)15(25)20-7-14-22-21-13-5-3-10(8-23(13)14)16(17,18)19/h2-6,8H,7H2,1H3,(H,20,25). The molecular formula is C16H12F3N5O3S. The molecule has 3 rings (SSSR count). The van der Waals surface area contributed by atoms with E-state index in [-0.39, 0.29) is 29.3 Å². The summed E-state index contributed by atoms with van der Waals surface area (Å²) >= 11 is 1.17. The van der Waals surface area contributed by atoms with E-state index >= 15 is 0 Å². The molecule has 0 bridgehead atoms. The van der Waals surface area contributed by atoms with Gasteiger partial charge in [-0.2, -0.15) is 13.2 Å². The fourth-order valence-electron chi connectivity index (χ4n) is 2.46. The molecule has 0 spiro atoms. The molecule has 12 heteroatoms. The minimum absolute atomic E-state index is 0.0503. The second-order valence-corrected chi connectivity index (χ2v) is 6.43. The predicted molar refractivity (Wildman–Crippen MR) is 94.0 cm³/mol. The molecule has 146 valence electrons. The first-order valence-electron chi connectivity index (χ1n) is 7.72. The molecule has 0 saturated heterocycles. The molecule has 28 heavy (non-hydrogen) atoms. The van der Waals surface area contributed by atoms with Crippen molar-refractivity contribution in [3.63, 3.8) is 0 Å². The van der Waals surface area contributed by atoms with Gasteiger partial charge in [-0.15, -0.1) is 22.0 Å². The van der Waals surface area contributed by atoms with Gasteiger partial charge in [0.05, 0.1) is 21.9 Å². The molecule has 0 atom stereocenters. The van der Waals surface area contributed by atoms with Crippen molar-refractivity contribution in [2.75, 3.05) is 6.26 Å². The maximum atomic E-state index is 12.9. The first kappa shape index (κ1) is 19.6. The Labute approximate surface area is 159 Å². The number of nitrogens with one attached hydrogen (secondary N) is 1. The molecule has 0 aliphatic heterocycles. The van der Waals surface area contributed by atoms with Crippen LogP contribution in [0.1, 0.15) is 21.7 Å². The Bertz CT molecular complexity index is 1070. The fraction of sp³-hybridized carbons (Fsp3) is 0.188. The molecule has 0 radical (unpaired) electrons. The van der Waals surface area contributed by atoms with Crippen LogP contribution in [0.3, 0.4) is 0 Å². The molecule has 0 fully saturated rings. The van der Waals surface area contributed by atoms with Crippen molar-refractivity contribution < 1.29 is 22.9 Å². The number of thioether (sulfide) groups is 1. The molecule has 0 aliphatic carbocycles. The highest BCUT2D eigenvalue weighted by molar-refractivity contribution is 7.98. The van der Waals surface area contributed by atoms with Gasteiger partial charge in [0.25, 0.3) is 11.6 Å². The Balaban J connectivity index is 1.81. The monoisotopic (exact) mass is 411 g/mol. The summed E-state index contributed by atoms with van der Waals surface area (Å²) in [6, 6.07) is 6.09. The van der Waals surface area contributed by atoms with Crippen LogP contribution in [-0.2, 0) is 12.7 Å². The lowest BCUT2D eigenvalue weighted by Crippen LogP contribution is -2.24. The number of alkyl halides is 3. The zero-order valence-corrected chi connectivity index (χ0v) is 15.0. The van der Waals surface area contributed by atoms with E-state index in [1.165, 1.54) is 30.0 Å². The van der Waals surface area contributed by atoms with Gasteiger partial charge in [-0.3, -0.25) is 19.3 Å². The van der Waals surface area contributed by atoms with Crippen LogP contribution in [0.5, 0.6) is 0 Å². The van der Waals surface area contributed by atoms with Crippen molar-refractivity contribution in [1.29, 1.82) is 0 Å². The number of carbonyl (C=O) groups is 1. The quantitative estimate of drug-likeness (QED) is 0.393. The minimum Gasteiger partial charge on any atom is -0.345 e. The molecule has 0 unspecified atom stereocenters. The van der Waals surface area contributed by atoms with E-state index in [9.17, 15) is 28.1 Å². The smallest absolute Gasteiger partial charge is 0.345 e. The minimum atomic E-state index is -4.53. The highest BCUT2D eigenvalue weighted by atomic mass is 32.2. The zero-order chi connectivity index (χ0) is 20.5. The van der Waals surface area contributed by atoms with E-state index in [4.69, 9.17) is 0 Å². The number of nitro benzene ring substituents is 1. The summed E-state index contributed by atoms with van der Waals surface area (Å²) in [5.41, 5.74) is -0.843. The van der Waals surface area contributed by atoms with E-state index in [0.29, 0.717) is 4.90 Å². The molecule has 1 amide bonds. The Morgan fingerprint density at radius 1 is 1.29 bits per heavy atom. The summed E-state index contributed by atoms with van der Waals surface area (Å²) in [4.78, 5) is 23.2. The number of rotatable bonds is 5. The van der Waals surface area contributed by atoms with Crippen LogP contribution in [0.25, 0.3) is 5.65 Å². The number of hydrogen-bond acceptors (Lipinski definition) is 6. The maximum absolute atomic E-state index is 12.9. The van der Waals surface area contributed by atoms with Crippen LogP contribution in [0.4, 0.5) is 18.9 Å². The van der Waals surface area contributed by atoms with Gasteiger partial charge in [0.1, 0.15) is 0 Å². The number of hydrogen-bond donors (Lipinski definition) is 1. The first-order valence-corrected chi connectivity index (χ1v) is 8.94. The van der Waals surface area contributed by atoms with Gasteiger partial charge in [-0.1, -0.05) is 0 Å². The summed E-state index contributed by atoms with van der Waals surface area (Å²) in [7, 11) is 0. The average Bonchev–Trinajstić information content (AvgIpc) is 3.07. The van der Waals surface area contributed by atoms with Crippen molar-refractivity contribution >= 4 is 29.0 Å². The number of nitro groups is 1. The third-order valence-electron chi connectivity index (χ3n) is 3.85. The van der Waals surface area contributed by atoms with Gasteiger partial charge in [0, 0.05) is 17.8 Å². The number of fused-ring (bicyclic) bond motifs is 1. The van der Waals surface area contributed by atoms with Crippen LogP contribution in [0.2, 0.25) is 0 Å². The van der Waals surface area contributed by atoms with Crippen molar-refractivity contribution in [2.45, 2.75) is 17.6 Å². The highest BCUT2D eigenvalue weighted by Gasteiger charge is 2.31. The first-order chi connectivity index (χ1) is 13.2. The Kier molecular flexibility index (Phi) is 5.23. The molecule has 0 saturated carbocycles. The van der Waals surface area contributed by atoms with E-state index < -0.39 is 22.6 Å². The Morgan fingerprint density at radius 2 is 2.04 bits per heavy atom. The Hall–Kier alpha value is -3.15. The summed E-state index contributed by atoms with van der Waals surface area (Å²) in [6.45, 7) is -0.209. The number of benzene rings is 1. The normalized spacial score (nSPS) is 11.6. The molecule has 1 aromatic carbocycles. The fourth-order valence-corrected chi connectivity index (χ4v) is 3.01.